The van der Waals surface area contributed by atoms with Crippen molar-refractivity contribution >= 4 is 33.4 Å². The summed E-state index contributed by atoms with van der Waals surface area (Å²) < 4.78 is 2.27. The van der Waals surface area contributed by atoms with Crippen LogP contribution in [0, 0.1) is 0 Å². The molecule has 3 nitrogen and oxygen atoms in total. The van der Waals surface area contributed by atoms with Crippen LogP contribution in [-0.4, -0.2) is 16.1 Å². The second-order valence-electron chi connectivity index (χ2n) is 12.1. The van der Waals surface area contributed by atoms with Gasteiger partial charge >= 0.3 is 0 Å². The largest absolute Gasteiger partial charge is 0.309 e. The Balaban J connectivity index is 1.34. The van der Waals surface area contributed by atoms with E-state index in [4.69, 9.17) is 0 Å². The second-order valence-corrected chi connectivity index (χ2v) is 12.1. The van der Waals surface area contributed by atoms with E-state index in [1.165, 1.54) is 11.1 Å². The molecule has 210 valence electrons. The number of hydrogen-bond donors (Lipinski definition) is 0. The highest BCUT2D eigenvalue weighted by atomic mass is 16.1. The van der Waals surface area contributed by atoms with Gasteiger partial charge in [0.15, 0.2) is 11.6 Å². The number of benzene rings is 6. The van der Waals surface area contributed by atoms with E-state index < -0.39 is 0 Å². The minimum Gasteiger partial charge on any atom is -0.309 e. The number of carbonyl (C=O) groups is 2. The van der Waals surface area contributed by atoms with Gasteiger partial charge in [0.05, 0.1) is 11.0 Å². The third-order valence-electron chi connectivity index (χ3n) is 9.17. The Morgan fingerprint density at radius 3 is 1.64 bits per heavy atom. The van der Waals surface area contributed by atoms with Crippen molar-refractivity contribution in [2.24, 2.45) is 0 Å². The smallest absolute Gasteiger partial charge is 0.193 e. The van der Waals surface area contributed by atoms with Crippen LogP contribution in [0.5, 0.6) is 0 Å². The van der Waals surface area contributed by atoms with Gasteiger partial charge in [-0.15, -0.1) is 0 Å². The average molecular weight is 568 g/mol. The fraction of sp³-hybridized carbons (Fsp3) is 0.0732. The zero-order valence-electron chi connectivity index (χ0n) is 24.5. The van der Waals surface area contributed by atoms with Gasteiger partial charge in [0.1, 0.15) is 0 Å². The summed E-state index contributed by atoms with van der Waals surface area (Å²) in [6.07, 6.45) is 0. The number of rotatable bonds is 5. The minimum atomic E-state index is -0.295. The van der Waals surface area contributed by atoms with Crippen LogP contribution >= 0.6 is 0 Å². The molecule has 1 aliphatic carbocycles. The number of carbonyl (C=O) groups excluding carboxylic acids is 2. The highest BCUT2D eigenvalue weighted by Gasteiger charge is 2.37. The van der Waals surface area contributed by atoms with Crippen molar-refractivity contribution in [1.82, 2.24) is 4.57 Å². The molecule has 0 bridgehead atoms. The van der Waals surface area contributed by atoms with Crippen molar-refractivity contribution < 1.29 is 9.59 Å². The summed E-state index contributed by atoms with van der Waals surface area (Å²) >= 11 is 0. The van der Waals surface area contributed by atoms with Crippen LogP contribution in [0.4, 0.5) is 0 Å². The van der Waals surface area contributed by atoms with Crippen LogP contribution in [-0.2, 0) is 5.41 Å². The molecule has 0 N–H and O–H groups in total. The molecule has 0 atom stereocenters. The molecule has 0 radical (unpaired) electrons. The molecule has 0 saturated heterocycles. The first kappa shape index (κ1) is 26.1. The van der Waals surface area contributed by atoms with Gasteiger partial charge in [-0.1, -0.05) is 117 Å². The van der Waals surface area contributed by atoms with Crippen LogP contribution in [0.2, 0.25) is 0 Å². The van der Waals surface area contributed by atoms with Gasteiger partial charge in [0.2, 0.25) is 0 Å². The molecule has 0 fully saturated rings. The zero-order valence-corrected chi connectivity index (χ0v) is 24.5. The SMILES string of the molecule is CC1(C)c2cc(C(=O)c3ccccc3)ccc2-c2cc3c(cc21)c1ccc(C(=O)c2ccccc2)cc1n3-c1ccccc1. The zero-order chi connectivity index (χ0) is 30.0. The van der Waals surface area contributed by atoms with Crippen LogP contribution in [0.25, 0.3) is 38.6 Å². The first-order valence-electron chi connectivity index (χ1n) is 14.9. The van der Waals surface area contributed by atoms with Crippen molar-refractivity contribution in [2.75, 3.05) is 0 Å². The molecule has 7 aromatic rings. The molecule has 1 aromatic heterocycles. The number of hydrogen-bond acceptors (Lipinski definition) is 2. The molecule has 0 amide bonds. The summed E-state index contributed by atoms with van der Waals surface area (Å²) in [5.41, 5.74) is 10.3. The van der Waals surface area contributed by atoms with Crippen LogP contribution in [0.15, 0.2) is 140 Å². The Hall–Kier alpha value is -5.54. The molecular weight excluding hydrogens is 538 g/mol. The van der Waals surface area contributed by atoms with E-state index in [2.05, 4.69) is 60.9 Å². The molecule has 8 rings (SSSR count). The van der Waals surface area contributed by atoms with E-state index in [1.807, 2.05) is 97.1 Å². The Labute approximate surface area is 256 Å². The number of ketones is 2. The summed E-state index contributed by atoms with van der Waals surface area (Å²) in [6.45, 7) is 4.49. The van der Waals surface area contributed by atoms with Crippen LogP contribution in [0.3, 0.4) is 0 Å². The summed E-state index contributed by atoms with van der Waals surface area (Å²) in [5, 5.41) is 2.24. The molecule has 6 aromatic carbocycles. The van der Waals surface area contributed by atoms with Gasteiger partial charge in [-0.25, -0.2) is 0 Å². The van der Waals surface area contributed by atoms with Crippen molar-refractivity contribution in [3.63, 3.8) is 0 Å². The predicted molar refractivity (Wildman–Crippen MR) is 178 cm³/mol. The van der Waals surface area contributed by atoms with Gasteiger partial charge < -0.3 is 4.57 Å². The summed E-state index contributed by atoms with van der Waals surface area (Å²) in [4.78, 5) is 26.8. The fourth-order valence-electron chi connectivity index (χ4n) is 6.89. The molecule has 0 spiro atoms. The molecule has 0 aliphatic heterocycles. The van der Waals surface area contributed by atoms with Gasteiger partial charge in [0, 0.05) is 44.1 Å². The lowest BCUT2D eigenvalue weighted by Crippen LogP contribution is -2.16. The van der Waals surface area contributed by atoms with E-state index in [0.29, 0.717) is 22.3 Å². The molecule has 0 saturated carbocycles. The Kier molecular flexibility index (Phi) is 5.79. The molecule has 0 unspecified atom stereocenters. The van der Waals surface area contributed by atoms with E-state index in [0.717, 1.165) is 38.6 Å². The third-order valence-corrected chi connectivity index (χ3v) is 9.17. The number of nitrogens with zero attached hydrogens (tertiary/aromatic N) is 1. The Morgan fingerprint density at radius 2 is 1.00 bits per heavy atom. The monoisotopic (exact) mass is 567 g/mol. The van der Waals surface area contributed by atoms with E-state index in [-0.39, 0.29) is 17.0 Å². The maximum absolute atomic E-state index is 13.5. The van der Waals surface area contributed by atoms with Crippen molar-refractivity contribution in [3.05, 3.63) is 173 Å². The molecule has 1 heterocycles. The quantitative estimate of drug-likeness (QED) is 0.194. The second kappa shape index (κ2) is 9.75. The topological polar surface area (TPSA) is 39.1 Å². The molecular formula is C41H29NO2. The van der Waals surface area contributed by atoms with Gasteiger partial charge in [0.25, 0.3) is 0 Å². The highest BCUT2D eigenvalue weighted by Crippen LogP contribution is 2.51. The number of aromatic nitrogens is 1. The van der Waals surface area contributed by atoms with E-state index in [1.54, 1.807) is 0 Å². The first-order chi connectivity index (χ1) is 21.4. The summed E-state index contributed by atoms with van der Waals surface area (Å²) in [6, 6.07) is 46.1. The Bertz CT molecular complexity index is 2260. The maximum atomic E-state index is 13.5. The highest BCUT2D eigenvalue weighted by molar-refractivity contribution is 6.16. The molecule has 3 heteroatoms. The van der Waals surface area contributed by atoms with E-state index >= 15 is 0 Å². The number of fused-ring (bicyclic) bond motifs is 6. The molecule has 44 heavy (non-hydrogen) atoms. The van der Waals surface area contributed by atoms with E-state index in [9.17, 15) is 9.59 Å². The lowest BCUT2D eigenvalue weighted by Gasteiger charge is -2.22. The third kappa shape index (κ3) is 3.90. The lowest BCUT2D eigenvalue weighted by atomic mass is 9.81. The summed E-state index contributed by atoms with van der Waals surface area (Å²) in [7, 11) is 0. The van der Waals surface area contributed by atoms with Gasteiger partial charge in [-0.3, -0.25) is 9.59 Å². The van der Waals surface area contributed by atoms with Crippen molar-refractivity contribution in [2.45, 2.75) is 19.3 Å². The minimum absolute atomic E-state index is 0.00998. The standard InChI is InChI=1S/C41H29NO2/c1-41(2)35-22-28(39(43)26-12-6-3-7-13-26)18-20-31(35)33-25-38-34(24-36(33)41)32-21-19-29(40(44)27-14-8-4-9-15-27)23-37(32)42(38)30-16-10-5-11-17-30/h3-25H,1-2H3. The first-order valence-corrected chi connectivity index (χ1v) is 14.9. The predicted octanol–water partition coefficient (Wildman–Crippen LogP) is 9.55. The average Bonchev–Trinajstić information content (AvgIpc) is 3.51. The maximum Gasteiger partial charge on any atom is 0.193 e. The van der Waals surface area contributed by atoms with Gasteiger partial charge in [-0.2, -0.15) is 0 Å². The Morgan fingerprint density at radius 1 is 0.477 bits per heavy atom. The van der Waals surface area contributed by atoms with Crippen LogP contribution < -0.4 is 0 Å². The van der Waals surface area contributed by atoms with Crippen LogP contribution in [0.1, 0.15) is 56.8 Å². The summed E-state index contributed by atoms with van der Waals surface area (Å²) in [5.74, 6) is 0.0449. The number of para-hydroxylation sites is 1. The van der Waals surface area contributed by atoms with Gasteiger partial charge in [-0.05, 0) is 58.7 Å². The van der Waals surface area contributed by atoms with Crippen molar-refractivity contribution in [1.29, 1.82) is 0 Å². The fourth-order valence-corrected chi connectivity index (χ4v) is 6.89. The van der Waals surface area contributed by atoms with Crippen molar-refractivity contribution in [3.8, 4) is 16.8 Å². The molecule has 1 aliphatic rings. The normalized spacial score (nSPS) is 13.1. The lowest BCUT2D eigenvalue weighted by molar-refractivity contribution is 0.103.